The lowest BCUT2D eigenvalue weighted by molar-refractivity contribution is 0.572. The van der Waals surface area contributed by atoms with E-state index in [1.807, 2.05) is 35.8 Å². The summed E-state index contributed by atoms with van der Waals surface area (Å²) >= 11 is 1.65. The summed E-state index contributed by atoms with van der Waals surface area (Å²) in [6.07, 6.45) is 4.97. The van der Waals surface area contributed by atoms with Crippen molar-refractivity contribution in [3.63, 3.8) is 0 Å². The molecule has 0 bridgehead atoms. The van der Waals surface area contributed by atoms with Gasteiger partial charge in [-0.05, 0) is 19.1 Å². The molecular formula is C14H13N3OS. The summed E-state index contributed by atoms with van der Waals surface area (Å²) in [7, 11) is 0. The molecule has 4 nitrogen and oxygen atoms in total. The first-order valence-corrected chi connectivity index (χ1v) is 6.86. The van der Waals surface area contributed by atoms with Crippen LogP contribution < -0.4 is 5.32 Å². The number of oxazole rings is 1. The second-order valence-corrected chi connectivity index (χ2v) is 5.11. The molecule has 19 heavy (non-hydrogen) atoms. The van der Waals surface area contributed by atoms with Gasteiger partial charge in [-0.15, -0.1) is 11.3 Å². The zero-order chi connectivity index (χ0) is 13.1. The number of thiazole rings is 1. The number of benzene rings is 1. The molecule has 0 aliphatic rings. The van der Waals surface area contributed by atoms with E-state index in [2.05, 4.69) is 22.2 Å². The summed E-state index contributed by atoms with van der Waals surface area (Å²) in [6, 6.07) is 8.26. The SMILES string of the molecule is CC(Nc1cccc(-c2cnco2)c1)c1nccs1. The zero-order valence-electron chi connectivity index (χ0n) is 10.4. The average Bonchev–Trinajstić information content (AvgIpc) is 3.13. The molecule has 0 fully saturated rings. The Hall–Kier alpha value is -2.14. The summed E-state index contributed by atoms with van der Waals surface area (Å²) in [4.78, 5) is 8.25. The van der Waals surface area contributed by atoms with Gasteiger partial charge in [-0.3, -0.25) is 0 Å². The first-order chi connectivity index (χ1) is 9.33. The third-order valence-electron chi connectivity index (χ3n) is 2.78. The molecule has 0 aliphatic heterocycles. The highest BCUT2D eigenvalue weighted by Gasteiger charge is 2.08. The summed E-state index contributed by atoms with van der Waals surface area (Å²) < 4.78 is 5.30. The molecule has 96 valence electrons. The Labute approximate surface area is 115 Å². The minimum atomic E-state index is 0.185. The van der Waals surface area contributed by atoms with Crippen LogP contribution in [0.1, 0.15) is 18.0 Å². The largest absolute Gasteiger partial charge is 0.444 e. The van der Waals surface area contributed by atoms with Gasteiger partial charge in [0.2, 0.25) is 0 Å². The van der Waals surface area contributed by atoms with Crippen molar-refractivity contribution in [3.8, 4) is 11.3 Å². The Balaban J connectivity index is 1.80. The maximum absolute atomic E-state index is 5.30. The summed E-state index contributed by atoms with van der Waals surface area (Å²) in [5, 5.41) is 6.49. The number of nitrogens with one attached hydrogen (secondary N) is 1. The van der Waals surface area contributed by atoms with Gasteiger partial charge in [0, 0.05) is 22.8 Å². The van der Waals surface area contributed by atoms with Crippen LogP contribution in [0.4, 0.5) is 5.69 Å². The molecule has 0 spiro atoms. The van der Waals surface area contributed by atoms with E-state index < -0.39 is 0 Å². The molecule has 1 aromatic carbocycles. The normalized spacial score (nSPS) is 12.3. The number of hydrogen-bond acceptors (Lipinski definition) is 5. The van der Waals surface area contributed by atoms with Crippen molar-refractivity contribution < 1.29 is 4.42 Å². The quantitative estimate of drug-likeness (QED) is 0.780. The van der Waals surface area contributed by atoms with E-state index in [0.717, 1.165) is 22.0 Å². The molecule has 0 amide bonds. The monoisotopic (exact) mass is 271 g/mol. The van der Waals surface area contributed by atoms with E-state index in [4.69, 9.17) is 4.42 Å². The van der Waals surface area contributed by atoms with Crippen LogP contribution in [0.2, 0.25) is 0 Å². The third kappa shape index (κ3) is 2.66. The minimum absolute atomic E-state index is 0.185. The predicted octanol–water partition coefficient (Wildman–Crippen LogP) is 3.97. The van der Waals surface area contributed by atoms with Crippen molar-refractivity contribution in [1.82, 2.24) is 9.97 Å². The second kappa shape index (κ2) is 5.24. The van der Waals surface area contributed by atoms with Gasteiger partial charge in [0.1, 0.15) is 5.01 Å². The maximum Gasteiger partial charge on any atom is 0.181 e. The highest BCUT2D eigenvalue weighted by Crippen LogP contribution is 2.25. The number of aromatic nitrogens is 2. The number of anilines is 1. The highest BCUT2D eigenvalue weighted by atomic mass is 32.1. The lowest BCUT2D eigenvalue weighted by atomic mass is 10.1. The van der Waals surface area contributed by atoms with E-state index in [1.165, 1.54) is 6.39 Å². The first kappa shape index (κ1) is 11.9. The van der Waals surface area contributed by atoms with Crippen LogP contribution in [0, 0.1) is 0 Å². The fourth-order valence-corrected chi connectivity index (χ4v) is 2.53. The van der Waals surface area contributed by atoms with E-state index in [9.17, 15) is 0 Å². The fraction of sp³-hybridized carbons (Fsp3) is 0.143. The van der Waals surface area contributed by atoms with Crippen molar-refractivity contribution in [2.75, 3.05) is 5.32 Å². The van der Waals surface area contributed by atoms with Crippen LogP contribution in [-0.4, -0.2) is 9.97 Å². The fourth-order valence-electron chi connectivity index (χ4n) is 1.88. The number of hydrogen-bond donors (Lipinski definition) is 1. The smallest absolute Gasteiger partial charge is 0.181 e. The van der Waals surface area contributed by atoms with Crippen molar-refractivity contribution in [2.45, 2.75) is 13.0 Å². The van der Waals surface area contributed by atoms with Crippen molar-refractivity contribution in [3.05, 3.63) is 53.4 Å². The molecule has 0 aliphatic carbocycles. The molecule has 1 atom stereocenters. The molecule has 0 saturated carbocycles. The Bertz CT molecular complexity index is 635. The molecule has 0 saturated heterocycles. The van der Waals surface area contributed by atoms with Gasteiger partial charge >= 0.3 is 0 Å². The molecule has 1 unspecified atom stereocenters. The molecule has 5 heteroatoms. The predicted molar refractivity (Wildman–Crippen MR) is 76.1 cm³/mol. The Morgan fingerprint density at radius 3 is 3.05 bits per heavy atom. The van der Waals surface area contributed by atoms with E-state index >= 15 is 0 Å². The molecule has 2 heterocycles. The van der Waals surface area contributed by atoms with Gasteiger partial charge in [-0.25, -0.2) is 9.97 Å². The molecule has 0 radical (unpaired) electrons. The molecular weight excluding hydrogens is 258 g/mol. The van der Waals surface area contributed by atoms with Crippen molar-refractivity contribution in [1.29, 1.82) is 0 Å². The van der Waals surface area contributed by atoms with Crippen LogP contribution in [0.15, 0.2) is 52.9 Å². The minimum Gasteiger partial charge on any atom is -0.444 e. The molecule has 3 aromatic rings. The van der Waals surface area contributed by atoms with Crippen LogP contribution in [0.5, 0.6) is 0 Å². The topological polar surface area (TPSA) is 51.0 Å². The average molecular weight is 271 g/mol. The molecule has 1 N–H and O–H groups in total. The summed E-state index contributed by atoms with van der Waals surface area (Å²) in [6.45, 7) is 2.10. The Morgan fingerprint density at radius 2 is 2.32 bits per heavy atom. The van der Waals surface area contributed by atoms with Crippen LogP contribution >= 0.6 is 11.3 Å². The lowest BCUT2D eigenvalue weighted by Crippen LogP contribution is -2.05. The van der Waals surface area contributed by atoms with Gasteiger partial charge in [-0.2, -0.15) is 0 Å². The lowest BCUT2D eigenvalue weighted by Gasteiger charge is -2.13. The number of rotatable bonds is 4. The van der Waals surface area contributed by atoms with Gasteiger partial charge in [-0.1, -0.05) is 12.1 Å². The summed E-state index contributed by atoms with van der Waals surface area (Å²) in [5.74, 6) is 0.769. The van der Waals surface area contributed by atoms with Gasteiger partial charge in [0.25, 0.3) is 0 Å². The third-order valence-corrected chi connectivity index (χ3v) is 3.74. The highest BCUT2D eigenvalue weighted by molar-refractivity contribution is 7.09. The van der Waals surface area contributed by atoms with Crippen LogP contribution in [-0.2, 0) is 0 Å². The summed E-state index contributed by atoms with van der Waals surface area (Å²) in [5.41, 5.74) is 2.05. The maximum atomic E-state index is 5.30. The molecule has 2 aromatic heterocycles. The van der Waals surface area contributed by atoms with E-state index in [1.54, 1.807) is 17.5 Å². The van der Waals surface area contributed by atoms with Gasteiger partial charge < -0.3 is 9.73 Å². The van der Waals surface area contributed by atoms with E-state index in [0.29, 0.717) is 0 Å². The van der Waals surface area contributed by atoms with Crippen molar-refractivity contribution in [2.24, 2.45) is 0 Å². The van der Waals surface area contributed by atoms with E-state index in [-0.39, 0.29) is 6.04 Å². The van der Waals surface area contributed by atoms with Gasteiger partial charge in [0.05, 0.1) is 12.2 Å². The van der Waals surface area contributed by atoms with Crippen LogP contribution in [0.3, 0.4) is 0 Å². The van der Waals surface area contributed by atoms with Crippen LogP contribution in [0.25, 0.3) is 11.3 Å². The van der Waals surface area contributed by atoms with Crippen molar-refractivity contribution >= 4 is 17.0 Å². The zero-order valence-corrected chi connectivity index (χ0v) is 11.2. The standard InChI is InChI=1S/C14H13N3OS/c1-10(14-16-5-6-19-14)17-12-4-2-3-11(7-12)13-8-15-9-18-13/h2-10,17H,1H3. The Morgan fingerprint density at radius 1 is 1.37 bits per heavy atom. The number of nitrogens with zero attached hydrogens (tertiary/aromatic N) is 2. The second-order valence-electron chi connectivity index (χ2n) is 4.18. The Kier molecular flexibility index (Phi) is 3.29. The molecule has 3 rings (SSSR count). The van der Waals surface area contributed by atoms with Gasteiger partial charge in [0.15, 0.2) is 12.2 Å². The first-order valence-electron chi connectivity index (χ1n) is 5.98.